The number of carbonyl (C=O) groups excluding carboxylic acids is 1. The van der Waals surface area contributed by atoms with Gasteiger partial charge >= 0.3 is 5.97 Å². The number of carbonyl (C=O) groups is 2. The molecule has 110 valence electrons. The molecule has 20 heavy (non-hydrogen) atoms. The number of methoxy groups -OCH3 is 1. The van der Waals surface area contributed by atoms with Gasteiger partial charge in [0.2, 0.25) is 0 Å². The number of carboxylic acids is 1. The molecule has 0 bridgehead atoms. The number of anilines is 1. The van der Waals surface area contributed by atoms with Crippen molar-refractivity contribution in [3.05, 3.63) is 23.8 Å². The molecule has 0 aliphatic heterocycles. The number of nitrogens with one attached hydrogen (secondary N) is 1. The first-order valence-electron chi connectivity index (χ1n) is 6.46. The van der Waals surface area contributed by atoms with Crippen LogP contribution < -0.4 is 15.8 Å². The van der Waals surface area contributed by atoms with Crippen molar-refractivity contribution in [1.82, 2.24) is 5.32 Å². The van der Waals surface area contributed by atoms with Crippen molar-refractivity contribution in [3.63, 3.8) is 0 Å². The molecule has 0 saturated carbocycles. The number of nitrogens with two attached hydrogens (primary N) is 1. The first-order valence-corrected chi connectivity index (χ1v) is 6.46. The third-order valence-electron chi connectivity index (χ3n) is 2.94. The van der Waals surface area contributed by atoms with E-state index >= 15 is 0 Å². The Bertz CT molecular complexity index is 488. The van der Waals surface area contributed by atoms with E-state index in [0.29, 0.717) is 23.4 Å². The summed E-state index contributed by atoms with van der Waals surface area (Å²) in [6.07, 6.45) is 2.01. The minimum Gasteiger partial charge on any atom is -0.495 e. The van der Waals surface area contributed by atoms with Gasteiger partial charge in [-0.25, -0.2) is 4.79 Å². The third kappa shape index (κ3) is 4.15. The van der Waals surface area contributed by atoms with Crippen LogP contribution >= 0.6 is 0 Å². The van der Waals surface area contributed by atoms with Crippen LogP contribution in [0.5, 0.6) is 5.75 Å². The van der Waals surface area contributed by atoms with E-state index in [1.165, 1.54) is 13.2 Å². The molecule has 0 saturated heterocycles. The molecule has 0 fully saturated rings. The van der Waals surface area contributed by atoms with E-state index in [4.69, 9.17) is 15.6 Å². The molecule has 1 unspecified atom stereocenters. The Labute approximate surface area is 117 Å². The number of carboxylic acid groups (broad SMARTS) is 1. The van der Waals surface area contributed by atoms with E-state index in [-0.39, 0.29) is 0 Å². The van der Waals surface area contributed by atoms with Gasteiger partial charge in [0.15, 0.2) is 0 Å². The fourth-order valence-electron chi connectivity index (χ4n) is 1.78. The van der Waals surface area contributed by atoms with Gasteiger partial charge in [0.05, 0.1) is 12.8 Å². The summed E-state index contributed by atoms with van der Waals surface area (Å²) in [5.41, 5.74) is 6.36. The summed E-state index contributed by atoms with van der Waals surface area (Å²) in [4.78, 5) is 23.1. The van der Waals surface area contributed by atoms with Crippen molar-refractivity contribution in [3.8, 4) is 5.75 Å². The lowest BCUT2D eigenvalue weighted by molar-refractivity contribution is -0.139. The second-order valence-corrected chi connectivity index (χ2v) is 4.46. The highest BCUT2D eigenvalue weighted by Gasteiger charge is 2.20. The van der Waals surface area contributed by atoms with Crippen molar-refractivity contribution < 1.29 is 19.4 Å². The Morgan fingerprint density at radius 1 is 1.45 bits per heavy atom. The average Bonchev–Trinajstić information content (AvgIpc) is 2.42. The second-order valence-electron chi connectivity index (χ2n) is 4.46. The molecule has 6 heteroatoms. The minimum atomic E-state index is -1.03. The second kappa shape index (κ2) is 7.37. The monoisotopic (exact) mass is 280 g/mol. The smallest absolute Gasteiger partial charge is 0.326 e. The first kappa shape index (κ1) is 15.8. The highest BCUT2D eigenvalue weighted by atomic mass is 16.5. The molecule has 0 aromatic heterocycles. The quantitative estimate of drug-likeness (QED) is 0.659. The van der Waals surface area contributed by atoms with Crippen LogP contribution in [-0.2, 0) is 4.79 Å². The lowest BCUT2D eigenvalue weighted by atomic mass is 10.1. The number of aliphatic carboxylic acids is 1. The predicted molar refractivity (Wildman–Crippen MR) is 75.8 cm³/mol. The van der Waals surface area contributed by atoms with Crippen LogP contribution in [0.2, 0.25) is 0 Å². The number of rotatable bonds is 7. The lowest BCUT2D eigenvalue weighted by Gasteiger charge is -2.14. The summed E-state index contributed by atoms with van der Waals surface area (Å²) < 4.78 is 5.00. The van der Waals surface area contributed by atoms with Crippen LogP contribution in [0.4, 0.5) is 5.69 Å². The summed E-state index contributed by atoms with van der Waals surface area (Å²) in [5, 5.41) is 11.6. The molecule has 1 aromatic carbocycles. The van der Waals surface area contributed by atoms with E-state index in [9.17, 15) is 9.59 Å². The van der Waals surface area contributed by atoms with Gasteiger partial charge in [0, 0.05) is 5.56 Å². The molecule has 1 rings (SSSR count). The number of hydrogen-bond donors (Lipinski definition) is 3. The summed E-state index contributed by atoms with van der Waals surface area (Å²) in [5.74, 6) is -1.02. The average molecular weight is 280 g/mol. The summed E-state index contributed by atoms with van der Waals surface area (Å²) >= 11 is 0. The molecule has 0 radical (unpaired) electrons. The molecule has 1 atom stereocenters. The Kier molecular flexibility index (Phi) is 5.83. The number of nitrogen functional groups attached to an aromatic ring is 1. The molecule has 1 amide bonds. The molecule has 4 N–H and O–H groups in total. The van der Waals surface area contributed by atoms with Crippen molar-refractivity contribution in [1.29, 1.82) is 0 Å². The SMILES string of the molecule is CCCCC(NC(=O)c1ccc(OC)c(N)c1)C(=O)O. The van der Waals surface area contributed by atoms with Crippen molar-refractivity contribution in [2.45, 2.75) is 32.2 Å². The summed E-state index contributed by atoms with van der Waals surface area (Å²) in [6, 6.07) is 3.70. The molecular formula is C14H20N2O4. The normalized spacial score (nSPS) is 11.7. The van der Waals surface area contributed by atoms with Gasteiger partial charge in [-0.15, -0.1) is 0 Å². The largest absolute Gasteiger partial charge is 0.495 e. The van der Waals surface area contributed by atoms with Gasteiger partial charge in [0.25, 0.3) is 5.91 Å². The zero-order valence-electron chi connectivity index (χ0n) is 11.7. The van der Waals surface area contributed by atoms with Crippen LogP contribution in [0.15, 0.2) is 18.2 Å². The summed E-state index contributed by atoms with van der Waals surface area (Å²) in [6.45, 7) is 1.96. The Balaban J connectivity index is 2.78. The maximum Gasteiger partial charge on any atom is 0.326 e. The number of ether oxygens (including phenoxy) is 1. The van der Waals surface area contributed by atoms with E-state index in [0.717, 1.165) is 12.8 Å². The van der Waals surface area contributed by atoms with Gasteiger partial charge in [0.1, 0.15) is 11.8 Å². The van der Waals surface area contributed by atoms with Crippen LogP contribution in [0, 0.1) is 0 Å². The zero-order chi connectivity index (χ0) is 15.1. The maximum absolute atomic E-state index is 12.0. The number of amides is 1. The maximum atomic E-state index is 12.0. The van der Waals surface area contributed by atoms with Gasteiger partial charge in [-0.3, -0.25) is 4.79 Å². The van der Waals surface area contributed by atoms with E-state index in [1.807, 2.05) is 6.92 Å². The Morgan fingerprint density at radius 2 is 2.15 bits per heavy atom. The van der Waals surface area contributed by atoms with Crippen LogP contribution in [0.25, 0.3) is 0 Å². The van der Waals surface area contributed by atoms with Crippen LogP contribution in [-0.4, -0.2) is 30.1 Å². The van der Waals surface area contributed by atoms with Crippen LogP contribution in [0.3, 0.4) is 0 Å². The van der Waals surface area contributed by atoms with Crippen molar-refractivity contribution >= 4 is 17.6 Å². The Hall–Kier alpha value is -2.24. The standard InChI is InChI=1S/C14H20N2O4/c1-3-4-5-11(14(18)19)16-13(17)9-6-7-12(20-2)10(15)8-9/h6-8,11H,3-5,15H2,1-2H3,(H,16,17)(H,18,19). The fourth-order valence-corrected chi connectivity index (χ4v) is 1.78. The van der Waals surface area contributed by atoms with E-state index in [1.54, 1.807) is 12.1 Å². The molecule has 0 heterocycles. The lowest BCUT2D eigenvalue weighted by Crippen LogP contribution is -2.40. The Morgan fingerprint density at radius 3 is 2.65 bits per heavy atom. The van der Waals surface area contributed by atoms with E-state index < -0.39 is 17.9 Å². The number of unbranched alkanes of at least 4 members (excludes halogenated alkanes) is 1. The van der Waals surface area contributed by atoms with Crippen molar-refractivity contribution in [2.24, 2.45) is 0 Å². The predicted octanol–water partition coefficient (Wildman–Crippen LogP) is 1.65. The topological polar surface area (TPSA) is 102 Å². The zero-order valence-corrected chi connectivity index (χ0v) is 11.7. The number of benzene rings is 1. The first-order chi connectivity index (χ1) is 9.49. The van der Waals surface area contributed by atoms with Crippen LogP contribution in [0.1, 0.15) is 36.5 Å². The molecule has 6 nitrogen and oxygen atoms in total. The molecule has 0 aliphatic rings. The molecule has 0 spiro atoms. The minimum absolute atomic E-state index is 0.311. The molecule has 0 aliphatic carbocycles. The van der Waals surface area contributed by atoms with Gasteiger partial charge in [-0.2, -0.15) is 0 Å². The third-order valence-corrected chi connectivity index (χ3v) is 2.94. The highest BCUT2D eigenvalue weighted by molar-refractivity contribution is 5.97. The molecular weight excluding hydrogens is 260 g/mol. The highest BCUT2D eigenvalue weighted by Crippen LogP contribution is 2.21. The van der Waals surface area contributed by atoms with Gasteiger partial charge in [-0.1, -0.05) is 19.8 Å². The number of hydrogen-bond acceptors (Lipinski definition) is 4. The van der Waals surface area contributed by atoms with Gasteiger partial charge < -0.3 is 20.9 Å². The summed E-state index contributed by atoms with van der Waals surface area (Å²) in [7, 11) is 1.48. The van der Waals surface area contributed by atoms with E-state index in [2.05, 4.69) is 5.32 Å². The fraction of sp³-hybridized carbons (Fsp3) is 0.429. The van der Waals surface area contributed by atoms with Gasteiger partial charge in [-0.05, 0) is 24.6 Å². The van der Waals surface area contributed by atoms with Crippen molar-refractivity contribution in [2.75, 3.05) is 12.8 Å². The molecule has 1 aromatic rings.